The van der Waals surface area contributed by atoms with E-state index in [0.29, 0.717) is 6.54 Å². The Balaban J connectivity index is 1.48. The molecule has 8 nitrogen and oxygen atoms in total. The van der Waals surface area contributed by atoms with E-state index in [2.05, 4.69) is 20.7 Å². The standard InChI is InChI=1S/C19H22N6O2S/c1-14(15-5-7-16(8-6-15)25-13-20-12-22-25)24(2)11-18(26)23-19(27)21-10-17-4-3-9-28-17/h3-9,12-14H,10-11H2,1-2H3,(H2,21,23,26,27)/t14-/m0/s1. The van der Waals surface area contributed by atoms with Crippen molar-refractivity contribution in [3.05, 3.63) is 64.9 Å². The molecule has 9 heteroatoms. The third-order valence-electron chi connectivity index (χ3n) is 4.37. The van der Waals surface area contributed by atoms with Crippen LogP contribution >= 0.6 is 11.3 Å². The number of rotatable bonds is 7. The van der Waals surface area contributed by atoms with Gasteiger partial charge in [0, 0.05) is 10.9 Å². The summed E-state index contributed by atoms with van der Waals surface area (Å²) in [4.78, 5) is 30.8. The molecular formula is C19H22N6O2S. The van der Waals surface area contributed by atoms with E-state index in [4.69, 9.17) is 0 Å². The molecule has 3 rings (SSSR count). The van der Waals surface area contributed by atoms with E-state index in [9.17, 15) is 9.59 Å². The molecule has 0 saturated carbocycles. The van der Waals surface area contributed by atoms with Crippen molar-refractivity contribution in [2.75, 3.05) is 13.6 Å². The molecule has 3 aromatic rings. The predicted molar refractivity (Wildman–Crippen MR) is 107 cm³/mol. The van der Waals surface area contributed by atoms with Gasteiger partial charge in [-0.1, -0.05) is 18.2 Å². The van der Waals surface area contributed by atoms with E-state index in [-0.39, 0.29) is 18.5 Å². The first-order chi connectivity index (χ1) is 13.5. The second-order valence-electron chi connectivity index (χ2n) is 6.33. The highest BCUT2D eigenvalue weighted by Gasteiger charge is 2.16. The summed E-state index contributed by atoms with van der Waals surface area (Å²) in [6, 6.07) is 11.2. The summed E-state index contributed by atoms with van der Waals surface area (Å²) in [6.07, 6.45) is 3.12. The van der Waals surface area contributed by atoms with Crippen LogP contribution in [0.3, 0.4) is 0 Å². The number of nitrogens with one attached hydrogen (secondary N) is 2. The number of aromatic nitrogens is 3. The van der Waals surface area contributed by atoms with E-state index >= 15 is 0 Å². The molecule has 0 radical (unpaired) electrons. The van der Waals surface area contributed by atoms with Gasteiger partial charge in [-0.25, -0.2) is 14.5 Å². The van der Waals surface area contributed by atoms with Crippen LogP contribution in [-0.2, 0) is 11.3 Å². The summed E-state index contributed by atoms with van der Waals surface area (Å²) in [5, 5.41) is 11.1. The zero-order chi connectivity index (χ0) is 19.9. The van der Waals surface area contributed by atoms with Crippen LogP contribution in [0.5, 0.6) is 0 Å². The fourth-order valence-electron chi connectivity index (χ4n) is 2.66. The van der Waals surface area contributed by atoms with Gasteiger partial charge in [-0.05, 0) is 43.1 Å². The molecule has 0 aliphatic heterocycles. The summed E-state index contributed by atoms with van der Waals surface area (Å²) in [5.74, 6) is -0.350. The quantitative estimate of drug-likeness (QED) is 0.637. The summed E-state index contributed by atoms with van der Waals surface area (Å²) in [7, 11) is 1.85. The molecule has 1 atom stereocenters. The molecule has 0 bridgehead atoms. The number of imide groups is 1. The fraction of sp³-hybridized carbons (Fsp3) is 0.263. The fourth-order valence-corrected chi connectivity index (χ4v) is 3.30. The minimum atomic E-state index is -0.489. The van der Waals surface area contributed by atoms with Crippen molar-refractivity contribution in [2.45, 2.75) is 19.5 Å². The highest BCUT2D eigenvalue weighted by atomic mass is 32.1. The lowest BCUT2D eigenvalue weighted by molar-refractivity contribution is -0.121. The van der Waals surface area contributed by atoms with Gasteiger partial charge in [-0.2, -0.15) is 5.10 Å². The van der Waals surface area contributed by atoms with Gasteiger partial charge in [0.05, 0.1) is 18.8 Å². The van der Waals surface area contributed by atoms with Gasteiger partial charge in [-0.15, -0.1) is 11.3 Å². The Morgan fingerprint density at radius 2 is 2.04 bits per heavy atom. The Morgan fingerprint density at radius 3 is 2.68 bits per heavy atom. The normalized spacial score (nSPS) is 12.0. The molecule has 0 fully saturated rings. The zero-order valence-corrected chi connectivity index (χ0v) is 16.5. The van der Waals surface area contributed by atoms with Crippen LogP contribution in [0.2, 0.25) is 0 Å². The molecule has 0 aliphatic carbocycles. The van der Waals surface area contributed by atoms with Gasteiger partial charge in [-0.3, -0.25) is 15.0 Å². The van der Waals surface area contributed by atoms with Crippen LogP contribution in [0.25, 0.3) is 5.69 Å². The van der Waals surface area contributed by atoms with Crippen LogP contribution in [-0.4, -0.2) is 45.2 Å². The maximum atomic E-state index is 12.1. The zero-order valence-electron chi connectivity index (χ0n) is 15.7. The summed E-state index contributed by atoms with van der Waals surface area (Å²) in [5.41, 5.74) is 1.97. The highest BCUT2D eigenvalue weighted by Crippen LogP contribution is 2.19. The van der Waals surface area contributed by atoms with E-state index in [0.717, 1.165) is 16.1 Å². The third kappa shape index (κ3) is 5.24. The maximum Gasteiger partial charge on any atom is 0.321 e. The smallest absolute Gasteiger partial charge is 0.321 e. The van der Waals surface area contributed by atoms with Crippen molar-refractivity contribution >= 4 is 23.3 Å². The van der Waals surface area contributed by atoms with Crippen molar-refractivity contribution in [1.82, 2.24) is 30.3 Å². The van der Waals surface area contributed by atoms with E-state index in [1.165, 1.54) is 6.33 Å². The second-order valence-corrected chi connectivity index (χ2v) is 7.37. The van der Waals surface area contributed by atoms with E-state index in [1.807, 2.05) is 60.6 Å². The van der Waals surface area contributed by atoms with Crippen LogP contribution in [0.15, 0.2) is 54.4 Å². The van der Waals surface area contributed by atoms with E-state index in [1.54, 1.807) is 22.3 Å². The Kier molecular flexibility index (Phi) is 6.51. The van der Waals surface area contributed by atoms with Crippen molar-refractivity contribution in [3.8, 4) is 5.69 Å². The molecule has 3 amide bonds. The Morgan fingerprint density at radius 1 is 1.25 bits per heavy atom. The number of carbonyl (C=O) groups is 2. The van der Waals surface area contributed by atoms with Gasteiger partial charge < -0.3 is 5.32 Å². The van der Waals surface area contributed by atoms with Gasteiger partial charge >= 0.3 is 6.03 Å². The number of benzene rings is 1. The number of amides is 3. The molecule has 1 aromatic carbocycles. The molecular weight excluding hydrogens is 376 g/mol. The minimum Gasteiger partial charge on any atom is -0.333 e. The SMILES string of the molecule is C[C@@H](c1ccc(-n2cncn2)cc1)N(C)CC(=O)NC(=O)NCc1cccs1. The van der Waals surface area contributed by atoms with Crippen molar-refractivity contribution < 1.29 is 9.59 Å². The average Bonchev–Trinajstić information content (AvgIpc) is 3.39. The molecule has 0 unspecified atom stereocenters. The topological polar surface area (TPSA) is 92.2 Å². The Labute approximate surface area is 167 Å². The number of hydrogen-bond acceptors (Lipinski definition) is 6. The first-order valence-corrected chi connectivity index (χ1v) is 9.66. The first-order valence-electron chi connectivity index (χ1n) is 8.78. The van der Waals surface area contributed by atoms with Gasteiger partial charge in [0.25, 0.3) is 0 Å². The summed E-state index contributed by atoms with van der Waals surface area (Å²) in [6.45, 7) is 2.52. The van der Waals surface area contributed by atoms with Crippen molar-refractivity contribution in [3.63, 3.8) is 0 Å². The molecule has 0 spiro atoms. The average molecular weight is 398 g/mol. The largest absolute Gasteiger partial charge is 0.333 e. The van der Waals surface area contributed by atoms with Crippen LogP contribution < -0.4 is 10.6 Å². The lowest BCUT2D eigenvalue weighted by atomic mass is 10.1. The lowest BCUT2D eigenvalue weighted by Gasteiger charge is -2.24. The molecule has 2 heterocycles. The third-order valence-corrected chi connectivity index (χ3v) is 5.25. The van der Waals surface area contributed by atoms with Gasteiger partial charge in [0.2, 0.25) is 5.91 Å². The minimum absolute atomic E-state index is 0.00438. The first kappa shape index (κ1) is 19.7. The number of hydrogen-bond donors (Lipinski definition) is 2. The number of thiophene rings is 1. The Hall–Kier alpha value is -3.04. The number of urea groups is 1. The molecule has 28 heavy (non-hydrogen) atoms. The molecule has 2 aromatic heterocycles. The van der Waals surface area contributed by atoms with Crippen molar-refractivity contribution in [1.29, 1.82) is 0 Å². The number of likely N-dealkylation sites (N-methyl/N-ethyl adjacent to an activating group) is 1. The molecule has 0 aliphatic rings. The monoisotopic (exact) mass is 398 g/mol. The maximum absolute atomic E-state index is 12.1. The molecule has 0 saturated heterocycles. The summed E-state index contributed by atoms with van der Waals surface area (Å²) >= 11 is 1.55. The second kappa shape index (κ2) is 9.25. The number of carbonyl (C=O) groups excluding carboxylic acids is 2. The molecule has 2 N–H and O–H groups in total. The molecule has 146 valence electrons. The highest BCUT2D eigenvalue weighted by molar-refractivity contribution is 7.09. The van der Waals surface area contributed by atoms with Crippen LogP contribution in [0, 0.1) is 0 Å². The van der Waals surface area contributed by atoms with Crippen LogP contribution in [0.1, 0.15) is 23.4 Å². The Bertz CT molecular complexity index is 893. The summed E-state index contributed by atoms with van der Waals surface area (Å²) < 4.78 is 1.68. The van der Waals surface area contributed by atoms with Gasteiger partial charge in [0.1, 0.15) is 12.7 Å². The van der Waals surface area contributed by atoms with Crippen LogP contribution in [0.4, 0.5) is 4.79 Å². The van der Waals surface area contributed by atoms with Crippen molar-refractivity contribution in [2.24, 2.45) is 0 Å². The number of nitrogens with zero attached hydrogens (tertiary/aromatic N) is 4. The van der Waals surface area contributed by atoms with Gasteiger partial charge in [0.15, 0.2) is 0 Å². The van der Waals surface area contributed by atoms with E-state index < -0.39 is 6.03 Å². The lowest BCUT2D eigenvalue weighted by Crippen LogP contribution is -2.43. The predicted octanol–water partition coefficient (Wildman–Crippen LogP) is 2.35.